The van der Waals surface area contributed by atoms with Crippen LogP contribution >= 0.6 is 11.6 Å². The Balaban J connectivity index is 2.27. The average molecular weight is 309 g/mol. The van der Waals surface area contributed by atoms with Crippen LogP contribution in [0.25, 0.3) is 0 Å². The van der Waals surface area contributed by atoms with Gasteiger partial charge in [0.1, 0.15) is 16.9 Å². The number of amides is 1. The van der Waals surface area contributed by atoms with Gasteiger partial charge in [-0.1, -0.05) is 18.5 Å². The van der Waals surface area contributed by atoms with Crippen molar-refractivity contribution in [3.8, 4) is 17.6 Å². The molecule has 0 atom stereocenters. The van der Waals surface area contributed by atoms with Gasteiger partial charge >= 0.3 is 0 Å². The molecule has 0 heterocycles. The van der Waals surface area contributed by atoms with Gasteiger partial charge in [0, 0.05) is 12.1 Å². The van der Waals surface area contributed by atoms with Crippen molar-refractivity contribution >= 4 is 23.2 Å². The molecule has 1 aliphatic rings. The van der Waals surface area contributed by atoms with Gasteiger partial charge in [-0.05, 0) is 18.8 Å². The van der Waals surface area contributed by atoms with E-state index in [1.54, 1.807) is 12.1 Å². The summed E-state index contributed by atoms with van der Waals surface area (Å²) in [7, 11) is 2.98. The van der Waals surface area contributed by atoms with Gasteiger partial charge in [0.05, 0.1) is 31.0 Å². The van der Waals surface area contributed by atoms with E-state index >= 15 is 0 Å². The number of nitrogens with zero attached hydrogens (tertiary/aromatic N) is 1. The van der Waals surface area contributed by atoms with Crippen LogP contribution in [-0.2, 0) is 4.79 Å². The lowest BCUT2D eigenvalue weighted by Gasteiger charge is -2.39. The normalized spacial score (nSPS) is 23.7. The minimum Gasteiger partial charge on any atom is -0.495 e. The highest BCUT2D eigenvalue weighted by atomic mass is 35.5. The second-order valence-electron chi connectivity index (χ2n) is 5.35. The SMILES string of the molecule is COc1cc(NC(=O)C2(C#N)CC(C)C2)c(OC)cc1Cl. The van der Waals surface area contributed by atoms with Crippen molar-refractivity contribution in [2.24, 2.45) is 11.3 Å². The van der Waals surface area contributed by atoms with E-state index in [2.05, 4.69) is 11.4 Å². The molecule has 2 rings (SSSR count). The van der Waals surface area contributed by atoms with Gasteiger partial charge in [0.2, 0.25) is 5.91 Å². The number of nitriles is 1. The van der Waals surface area contributed by atoms with E-state index in [0.29, 0.717) is 41.0 Å². The molecular weight excluding hydrogens is 292 g/mol. The van der Waals surface area contributed by atoms with E-state index in [1.807, 2.05) is 6.92 Å². The Morgan fingerprint density at radius 3 is 2.48 bits per heavy atom. The number of hydrogen-bond acceptors (Lipinski definition) is 4. The van der Waals surface area contributed by atoms with Crippen LogP contribution in [0.5, 0.6) is 11.5 Å². The number of hydrogen-bond donors (Lipinski definition) is 1. The van der Waals surface area contributed by atoms with Crippen molar-refractivity contribution in [1.82, 2.24) is 0 Å². The number of anilines is 1. The molecule has 0 aromatic heterocycles. The van der Waals surface area contributed by atoms with Crippen LogP contribution < -0.4 is 14.8 Å². The molecule has 1 aromatic carbocycles. The first kappa shape index (κ1) is 15.5. The van der Waals surface area contributed by atoms with Crippen molar-refractivity contribution in [3.63, 3.8) is 0 Å². The molecule has 0 aliphatic heterocycles. The minimum atomic E-state index is -0.947. The molecule has 1 saturated carbocycles. The molecule has 0 spiro atoms. The highest BCUT2D eigenvalue weighted by Crippen LogP contribution is 2.46. The maximum atomic E-state index is 12.4. The zero-order valence-electron chi connectivity index (χ0n) is 12.2. The van der Waals surface area contributed by atoms with Crippen molar-refractivity contribution in [3.05, 3.63) is 17.2 Å². The summed E-state index contributed by atoms with van der Waals surface area (Å²) in [4.78, 5) is 12.4. The monoisotopic (exact) mass is 308 g/mol. The lowest BCUT2D eigenvalue weighted by atomic mass is 9.63. The van der Waals surface area contributed by atoms with Crippen LogP contribution in [-0.4, -0.2) is 20.1 Å². The second-order valence-corrected chi connectivity index (χ2v) is 5.76. The Bertz CT molecular complexity index is 604. The van der Waals surface area contributed by atoms with E-state index in [0.717, 1.165) is 0 Å². The molecule has 0 bridgehead atoms. The van der Waals surface area contributed by atoms with Crippen LogP contribution in [0.15, 0.2) is 12.1 Å². The van der Waals surface area contributed by atoms with Crippen molar-refractivity contribution in [2.45, 2.75) is 19.8 Å². The van der Waals surface area contributed by atoms with Gasteiger partial charge in [-0.25, -0.2) is 0 Å². The van der Waals surface area contributed by atoms with Crippen LogP contribution in [0, 0.1) is 22.7 Å². The van der Waals surface area contributed by atoms with Gasteiger partial charge in [-0.2, -0.15) is 5.26 Å². The number of methoxy groups -OCH3 is 2. The van der Waals surface area contributed by atoms with Crippen molar-refractivity contribution in [1.29, 1.82) is 5.26 Å². The Labute approximate surface area is 128 Å². The van der Waals surface area contributed by atoms with Crippen LogP contribution in [0.4, 0.5) is 5.69 Å². The Kier molecular flexibility index (Phi) is 4.29. The third kappa shape index (κ3) is 2.77. The smallest absolute Gasteiger partial charge is 0.244 e. The van der Waals surface area contributed by atoms with Gasteiger partial charge in [-0.3, -0.25) is 4.79 Å². The molecule has 0 radical (unpaired) electrons. The molecule has 1 aliphatic carbocycles. The maximum Gasteiger partial charge on any atom is 0.244 e. The summed E-state index contributed by atoms with van der Waals surface area (Å²) in [5.74, 6) is 0.929. The number of rotatable bonds is 4. The van der Waals surface area contributed by atoms with E-state index < -0.39 is 5.41 Å². The lowest BCUT2D eigenvalue weighted by molar-refractivity contribution is -0.128. The lowest BCUT2D eigenvalue weighted by Crippen LogP contribution is -2.45. The molecule has 6 heteroatoms. The molecule has 1 fully saturated rings. The Morgan fingerprint density at radius 1 is 1.38 bits per heavy atom. The molecule has 0 saturated heterocycles. The number of halogens is 1. The predicted molar refractivity (Wildman–Crippen MR) is 79.6 cm³/mol. The van der Waals surface area contributed by atoms with E-state index in [4.69, 9.17) is 21.1 Å². The fourth-order valence-electron chi connectivity index (χ4n) is 2.66. The molecule has 1 N–H and O–H groups in total. The molecular formula is C15H17ClN2O3. The van der Waals surface area contributed by atoms with Crippen LogP contribution in [0.1, 0.15) is 19.8 Å². The summed E-state index contributed by atoms with van der Waals surface area (Å²) >= 11 is 6.02. The molecule has 112 valence electrons. The summed E-state index contributed by atoms with van der Waals surface area (Å²) in [6.45, 7) is 2.02. The highest BCUT2D eigenvalue weighted by molar-refractivity contribution is 6.32. The topological polar surface area (TPSA) is 71.3 Å². The number of benzene rings is 1. The zero-order chi connectivity index (χ0) is 15.6. The van der Waals surface area contributed by atoms with E-state index in [1.165, 1.54) is 14.2 Å². The molecule has 1 amide bonds. The Hall–Kier alpha value is -1.93. The van der Waals surface area contributed by atoms with E-state index in [-0.39, 0.29) is 5.91 Å². The summed E-state index contributed by atoms with van der Waals surface area (Å²) in [5, 5.41) is 12.4. The predicted octanol–water partition coefficient (Wildman–Crippen LogP) is 3.24. The summed E-state index contributed by atoms with van der Waals surface area (Å²) in [6, 6.07) is 5.29. The van der Waals surface area contributed by atoms with Crippen LogP contribution in [0.3, 0.4) is 0 Å². The Morgan fingerprint density at radius 2 is 2.00 bits per heavy atom. The summed E-state index contributed by atoms with van der Waals surface area (Å²) < 4.78 is 10.3. The second kappa shape index (κ2) is 5.82. The van der Waals surface area contributed by atoms with E-state index in [9.17, 15) is 10.1 Å². The quantitative estimate of drug-likeness (QED) is 0.927. The molecule has 0 unspecified atom stereocenters. The number of ether oxygens (including phenoxy) is 2. The third-order valence-corrected chi connectivity index (χ3v) is 4.06. The number of carbonyl (C=O) groups is 1. The summed E-state index contributed by atoms with van der Waals surface area (Å²) in [6.07, 6.45) is 1.14. The van der Waals surface area contributed by atoms with Crippen molar-refractivity contribution < 1.29 is 14.3 Å². The highest BCUT2D eigenvalue weighted by Gasteiger charge is 2.49. The first-order chi connectivity index (χ1) is 9.95. The fourth-order valence-corrected chi connectivity index (χ4v) is 2.89. The summed E-state index contributed by atoms with van der Waals surface area (Å²) in [5.41, 5.74) is -0.505. The first-order valence-corrected chi connectivity index (χ1v) is 6.98. The molecule has 21 heavy (non-hydrogen) atoms. The standard InChI is InChI=1S/C15H17ClN2O3/c1-9-6-15(7-9,8-17)14(19)18-11-5-12(20-2)10(16)4-13(11)21-3/h4-5,9H,6-7H2,1-3H3,(H,18,19). The zero-order valence-corrected chi connectivity index (χ0v) is 13.0. The van der Waals surface area contributed by atoms with Crippen molar-refractivity contribution in [2.75, 3.05) is 19.5 Å². The maximum absolute atomic E-state index is 12.4. The number of nitrogens with one attached hydrogen (secondary N) is 1. The molecule has 5 nitrogen and oxygen atoms in total. The van der Waals surface area contributed by atoms with Gasteiger partial charge in [0.15, 0.2) is 0 Å². The number of carbonyl (C=O) groups excluding carboxylic acids is 1. The van der Waals surface area contributed by atoms with Crippen LogP contribution in [0.2, 0.25) is 5.02 Å². The first-order valence-electron chi connectivity index (χ1n) is 6.60. The fraction of sp³-hybridized carbons (Fsp3) is 0.467. The third-order valence-electron chi connectivity index (χ3n) is 3.76. The van der Waals surface area contributed by atoms with Gasteiger partial charge in [-0.15, -0.1) is 0 Å². The van der Waals surface area contributed by atoms with Gasteiger partial charge in [0.25, 0.3) is 0 Å². The average Bonchev–Trinajstić information content (AvgIpc) is 2.44. The largest absolute Gasteiger partial charge is 0.495 e. The van der Waals surface area contributed by atoms with Gasteiger partial charge < -0.3 is 14.8 Å². The molecule has 1 aromatic rings. The minimum absolute atomic E-state index is 0.314.